The Morgan fingerprint density at radius 3 is 0.923 bits per heavy atom. The van der Waals surface area contributed by atoms with Gasteiger partial charge in [-0.15, -0.1) is 0 Å². The second kappa shape index (κ2) is 23.0. The van der Waals surface area contributed by atoms with Crippen LogP contribution in [0.1, 0.15) is 148 Å². The molecule has 0 spiro atoms. The first kappa shape index (κ1) is 26.0. The number of carbonyl (C=O) groups excluding carboxylic acids is 1. The average molecular weight is 387 g/mol. The molecule has 0 aliphatic heterocycles. The minimum absolute atomic E-state index is 0.178. The number of rotatable bonds is 22. The van der Waals surface area contributed by atoms with E-state index in [9.17, 15) is 4.79 Å². The molecule has 26 heavy (non-hydrogen) atoms. The van der Waals surface area contributed by atoms with E-state index in [1.165, 1.54) is 122 Å². The average Bonchev–Trinajstić information content (AvgIpc) is 2.62. The first-order valence-corrected chi connectivity index (χ1v) is 12.3. The summed E-state index contributed by atoms with van der Waals surface area (Å²) in [6.45, 7) is 2.29. The van der Waals surface area contributed by atoms with E-state index in [1.807, 2.05) is 0 Å². The number of carbonyl (C=O) groups is 1. The van der Waals surface area contributed by atoms with Crippen LogP contribution in [-0.2, 0) is 4.79 Å². The highest BCUT2D eigenvalue weighted by Gasteiger charge is 1.97. The molecule has 0 fully saturated rings. The smallest absolute Gasteiger partial charge is 0.221 e. The van der Waals surface area contributed by atoms with Crippen molar-refractivity contribution in [3.8, 4) is 0 Å². The quantitative estimate of drug-likeness (QED) is 0.134. The molecule has 0 saturated heterocycles. The van der Waals surface area contributed by atoms with Crippen LogP contribution in [-0.4, -0.2) is 5.24 Å². The summed E-state index contributed by atoms with van der Waals surface area (Å²) in [7, 11) is 0. The van der Waals surface area contributed by atoms with Gasteiger partial charge in [-0.1, -0.05) is 135 Å². The molecule has 0 amide bonds. The third-order valence-corrected chi connectivity index (χ3v) is 5.67. The van der Waals surface area contributed by atoms with Gasteiger partial charge in [0.1, 0.15) is 0 Å². The van der Waals surface area contributed by atoms with Gasteiger partial charge in [0.05, 0.1) is 0 Å². The second-order valence-electron chi connectivity index (χ2n) is 8.18. The van der Waals surface area contributed by atoms with Crippen molar-refractivity contribution < 1.29 is 4.79 Å². The molecule has 156 valence electrons. The minimum Gasteiger partial charge on any atom is -0.281 e. The van der Waals surface area contributed by atoms with Gasteiger partial charge in [-0.25, -0.2) is 0 Å². The van der Waals surface area contributed by atoms with Gasteiger partial charge >= 0.3 is 0 Å². The second-order valence-corrected chi connectivity index (χ2v) is 8.60. The van der Waals surface area contributed by atoms with E-state index in [2.05, 4.69) is 6.92 Å². The summed E-state index contributed by atoms with van der Waals surface area (Å²) >= 11 is 5.33. The van der Waals surface area contributed by atoms with Crippen molar-refractivity contribution in [2.45, 2.75) is 148 Å². The van der Waals surface area contributed by atoms with Gasteiger partial charge < -0.3 is 0 Å². The fraction of sp³-hybridized carbons (Fsp3) is 0.958. The lowest BCUT2D eigenvalue weighted by Gasteiger charge is -2.04. The summed E-state index contributed by atoms with van der Waals surface area (Å²) in [6, 6.07) is 0. The molecule has 0 unspecified atom stereocenters. The Balaban J connectivity index is 2.98. The molecule has 0 aromatic rings. The fourth-order valence-corrected chi connectivity index (χ4v) is 3.83. The van der Waals surface area contributed by atoms with E-state index in [1.54, 1.807) is 0 Å². The lowest BCUT2D eigenvalue weighted by atomic mass is 10.0. The van der Waals surface area contributed by atoms with Crippen LogP contribution in [0.4, 0.5) is 0 Å². The highest BCUT2D eigenvalue weighted by molar-refractivity contribution is 6.63. The van der Waals surface area contributed by atoms with Crippen LogP contribution in [0.2, 0.25) is 0 Å². The summed E-state index contributed by atoms with van der Waals surface area (Å²) < 4.78 is 0. The van der Waals surface area contributed by atoms with E-state index < -0.39 is 0 Å². The topological polar surface area (TPSA) is 17.1 Å². The Bertz CT molecular complexity index is 277. The molecule has 0 radical (unpaired) electrons. The maximum absolute atomic E-state index is 10.6. The highest BCUT2D eigenvalue weighted by atomic mass is 35.5. The number of halogens is 1. The van der Waals surface area contributed by atoms with Gasteiger partial charge in [0.2, 0.25) is 5.24 Å². The number of hydrogen-bond acceptors (Lipinski definition) is 1. The molecular formula is C24H47ClO. The zero-order chi connectivity index (χ0) is 19.1. The Morgan fingerprint density at radius 1 is 0.462 bits per heavy atom. The first-order valence-electron chi connectivity index (χ1n) is 12.0. The van der Waals surface area contributed by atoms with Crippen molar-refractivity contribution >= 4 is 16.8 Å². The normalized spacial score (nSPS) is 11.2. The van der Waals surface area contributed by atoms with Crippen molar-refractivity contribution in [3.05, 3.63) is 0 Å². The zero-order valence-electron chi connectivity index (χ0n) is 17.8. The minimum atomic E-state index is -0.178. The van der Waals surface area contributed by atoms with Gasteiger partial charge in [-0.3, -0.25) is 4.79 Å². The first-order chi connectivity index (χ1) is 12.8. The number of unbranched alkanes of at least 4 members (excludes halogenated alkanes) is 20. The van der Waals surface area contributed by atoms with Gasteiger partial charge in [-0.05, 0) is 18.0 Å². The van der Waals surface area contributed by atoms with Crippen LogP contribution in [0.3, 0.4) is 0 Å². The summed E-state index contributed by atoms with van der Waals surface area (Å²) in [4.78, 5) is 10.6. The van der Waals surface area contributed by atoms with Crippen molar-refractivity contribution in [2.24, 2.45) is 0 Å². The van der Waals surface area contributed by atoms with Gasteiger partial charge in [-0.2, -0.15) is 0 Å². The maximum atomic E-state index is 10.6. The Morgan fingerprint density at radius 2 is 0.692 bits per heavy atom. The maximum Gasteiger partial charge on any atom is 0.221 e. The molecule has 2 heteroatoms. The molecular weight excluding hydrogens is 340 g/mol. The van der Waals surface area contributed by atoms with Gasteiger partial charge in [0.15, 0.2) is 0 Å². The summed E-state index contributed by atoms with van der Waals surface area (Å²) in [6.07, 6.45) is 29.7. The fourth-order valence-electron chi connectivity index (χ4n) is 3.70. The molecule has 0 bridgehead atoms. The van der Waals surface area contributed by atoms with Gasteiger partial charge in [0, 0.05) is 6.42 Å². The van der Waals surface area contributed by atoms with Crippen LogP contribution >= 0.6 is 11.6 Å². The SMILES string of the molecule is CCCCCCCCCCCCCCCCCCCCCCCC(=O)Cl. The Labute approximate surface area is 170 Å². The molecule has 0 rings (SSSR count). The van der Waals surface area contributed by atoms with Crippen molar-refractivity contribution in [1.29, 1.82) is 0 Å². The van der Waals surface area contributed by atoms with Crippen LogP contribution < -0.4 is 0 Å². The van der Waals surface area contributed by atoms with Crippen LogP contribution in [0.5, 0.6) is 0 Å². The molecule has 0 N–H and O–H groups in total. The highest BCUT2D eigenvalue weighted by Crippen LogP contribution is 2.15. The lowest BCUT2D eigenvalue weighted by Crippen LogP contribution is -1.86. The van der Waals surface area contributed by atoms with Crippen molar-refractivity contribution in [2.75, 3.05) is 0 Å². The Hall–Kier alpha value is -0.0400. The van der Waals surface area contributed by atoms with Crippen molar-refractivity contribution in [1.82, 2.24) is 0 Å². The van der Waals surface area contributed by atoms with E-state index in [-0.39, 0.29) is 5.24 Å². The van der Waals surface area contributed by atoms with Gasteiger partial charge in [0.25, 0.3) is 0 Å². The monoisotopic (exact) mass is 386 g/mol. The predicted octanol–water partition coefficient (Wildman–Crippen LogP) is 9.35. The molecule has 0 aliphatic carbocycles. The summed E-state index contributed by atoms with van der Waals surface area (Å²) in [5, 5.41) is -0.178. The molecule has 1 nitrogen and oxygen atoms in total. The number of hydrogen-bond donors (Lipinski definition) is 0. The molecule has 0 aliphatic rings. The third-order valence-electron chi connectivity index (χ3n) is 5.48. The molecule has 0 aromatic carbocycles. The molecule has 0 saturated carbocycles. The largest absolute Gasteiger partial charge is 0.281 e. The van der Waals surface area contributed by atoms with E-state index >= 15 is 0 Å². The Kier molecular flexibility index (Phi) is 23.0. The van der Waals surface area contributed by atoms with Crippen LogP contribution in [0, 0.1) is 0 Å². The lowest BCUT2D eigenvalue weighted by molar-refractivity contribution is -0.111. The van der Waals surface area contributed by atoms with E-state index in [0.717, 1.165) is 12.8 Å². The standard InChI is InChI=1S/C24H47ClO/c1-2-3-4-5-6-7-8-9-10-11-12-13-14-15-16-17-18-19-20-21-22-23-24(25)26/h2-23H2,1H3. The molecule has 0 heterocycles. The molecule has 0 aromatic heterocycles. The summed E-state index contributed by atoms with van der Waals surface area (Å²) in [5.74, 6) is 0. The summed E-state index contributed by atoms with van der Waals surface area (Å²) in [5.41, 5.74) is 0. The van der Waals surface area contributed by atoms with E-state index in [0.29, 0.717) is 6.42 Å². The van der Waals surface area contributed by atoms with Crippen molar-refractivity contribution in [3.63, 3.8) is 0 Å². The van der Waals surface area contributed by atoms with Crippen LogP contribution in [0.15, 0.2) is 0 Å². The zero-order valence-corrected chi connectivity index (χ0v) is 18.6. The predicted molar refractivity (Wildman–Crippen MR) is 118 cm³/mol. The van der Waals surface area contributed by atoms with Crippen LogP contribution in [0.25, 0.3) is 0 Å². The molecule has 0 atom stereocenters. The third kappa shape index (κ3) is 24.0. The van der Waals surface area contributed by atoms with E-state index in [4.69, 9.17) is 11.6 Å².